The van der Waals surface area contributed by atoms with Gasteiger partial charge >= 0.3 is 6.03 Å². The number of nitrogens with zero attached hydrogens (tertiary/aromatic N) is 2. The molecule has 2 aliphatic rings. The minimum atomic E-state index is -0.0205. The maximum Gasteiger partial charge on any atom is 0.315 e. The minimum Gasteiger partial charge on any atom is -0.371 e. The number of benzene rings is 1. The van der Waals surface area contributed by atoms with Gasteiger partial charge in [0.15, 0.2) is 0 Å². The van der Waals surface area contributed by atoms with Gasteiger partial charge in [-0.2, -0.15) is 0 Å². The number of piperidine rings is 1. The van der Waals surface area contributed by atoms with Crippen molar-refractivity contribution >= 4 is 23.3 Å². The fraction of sp³-hybridized carbons (Fsp3) is 0.632. The van der Waals surface area contributed by atoms with E-state index in [0.29, 0.717) is 5.92 Å². The summed E-state index contributed by atoms with van der Waals surface area (Å²) in [5.74, 6) is 0.500. The van der Waals surface area contributed by atoms with Crippen molar-refractivity contribution in [2.24, 2.45) is 5.92 Å². The molecule has 2 saturated heterocycles. The molecule has 0 unspecified atom stereocenters. The van der Waals surface area contributed by atoms with E-state index in [1.807, 2.05) is 12.1 Å². The van der Waals surface area contributed by atoms with Gasteiger partial charge in [-0.15, -0.1) is 0 Å². The molecule has 0 spiro atoms. The Morgan fingerprint density at radius 3 is 2.76 bits per heavy atom. The van der Waals surface area contributed by atoms with Crippen LogP contribution in [0.1, 0.15) is 26.2 Å². The number of rotatable bonds is 5. The highest BCUT2D eigenvalue weighted by Gasteiger charge is 2.24. The lowest BCUT2D eigenvalue weighted by molar-refractivity contribution is 0.192. The van der Waals surface area contributed by atoms with E-state index in [4.69, 9.17) is 11.6 Å². The van der Waals surface area contributed by atoms with E-state index in [-0.39, 0.29) is 12.1 Å². The third-order valence-corrected chi connectivity index (χ3v) is 5.57. The van der Waals surface area contributed by atoms with Gasteiger partial charge in [0.05, 0.1) is 0 Å². The first-order valence-electron chi connectivity index (χ1n) is 9.41. The molecule has 25 heavy (non-hydrogen) atoms. The van der Waals surface area contributed by atoms with Crippen molar-refractivity contribution in [3.8, 4) is 0 Å². The molecule has 6 heteroatoms. The largest absolute Gasteiger partial charge is 0.371 e. The van der Waals surface area contributed by atoms with Crippen LogP contribution in [0, 0.1) is 5.92 Å². The number of carbonyl (C=O) groups is 1. The highest BCUT2D eigenvalue weighted by Crippen LogP contribution is 2.24. The van der Waals surface area contributed by atoms with Crippen LogP contribution >= 0.6 is 11.6 Å². The average Bonchev–Trinajstić information content (AvgIpc) is 3.10. The van der Waals surface area contributed by atoms with E-state index in [2.05, 4.69) is 39.5 Å². The van der Waals surface area contributed by atoms with Crippen molar-refractivity contribution in [1.29, 1.82) is 0 Å². The molecular formula is C19H29ClN4O. The summed E-state index contributed by atoms with van der Waals surface area (Å²) in [6.07, 6.45) is 3.35. The van der Waals surface area contributed by atoms with Gasteiger partial charge in [0.2, 0.25) is 0 Å². The Kier molecular flexibility index (Phi) is 6.43. The molecule has 2 aliphatic heterocycles. The Hall–Kier alpha value is -1.46. The lowest BCUT2D eigenvalue weighted by atomic mass is 10.1. The van der Waals surface area contributed by atoms with Gasteiger partial charge in [0.25, 0.3) is 0 Å². The third-order valence-electron chi connectivity index (χ3n) is 5.32. The van der Waals surface area contributed by atoms with Crippen LogP contribution in [0.15, 0.2) is 24.3 Å². The molecule has 0 aromatic heterocycles. The first-order valence-corrected chi connectivity index (χ1v) is 9.79. The summed E-state index contributed by atoms with van der Waals surface area (Å²) in [5, 5.41) is 6.97. The first kappa shape index (κ1) is 18.3. The number of halogens is 1. The molecule has 138 valence electrons. The smallest absolute Gasteiger partial charge is 0.315 e. The highest BCUT2D eigenvalue weighted by atomic mass is 35.5. The zero-order valence-corrected chi connectivity index (χ0v) is 15.8. The van der Waals surface area contributed by atoms with Gasteiger partial charge in [-0.1, -0.05) is 18.5 Å². The second-order valence-electron chi connectivity index (χ2n) is 7.16. The molecule has 0 radical (unpaired) electrons. The second kappa shape index (κ2) is 8.77. The molecule has 1 aromatic rings. The molecule has 0 saturated carbocycles. The summed E-state index contributed by atoms with van der Waals surface area (Å²) >= 11 is 5.95. The molecule has 0 bridgehead atoms. The van der Waals surface area contributed by atoms with Crippen LogP contribution in [0.3, 0.4) is 0 Å². The minimum absolute atomic E-state index is 0.0205. The number of carbonyl (C=O) groups excluding carboxylic acids is 1. The van der Waals surface area contributed by atoms with Gasteiger partial charge in [0, 0.05) is 42.9 Å². The Labute approximate surface area is 155 Å². The predicted molar refractivity (Wildman–Crippen MR) is 103 cm³/mol. The molecular weight excluding hydrogens is 336 g/mol. The van der Waals surface area contributed by atoms with E-state index in [0.717, 1.165) is 63.6 Å². The topological polar surface area (TPSA) is 47.6 Å². The fourth-order valence-electron chi connectivity index (χ4n) is 3.82. The van der Waals surface area contributed by atoms with Crippen LogP contribution in [0.2, 0.25) is 5.02 Å². The van der Waals surface area contributed by atoms with Crippen LogP contribution < -0.4 is 15.5 Å². The summed E-state index contributed by atoms with van der Waals surface area (Å²) in [4.78, 5) is 16.9. The van der Waals surface area contributed by atoms with Crippen molar-refractivity contribution in [2.45, 2.75) is 32.2 Å². The van der Waals surface area contributed by atoms with Crippen molar-refractivity contribution in [3.05, 3.63) is 29.3 Å². The monoisotopic (exact) mass is 364 g/mol. The van der Waals surface area contributed by atoms with E-state index >= 15 is 0 Å². The van der Waals surface area contributed by atoms with Gasteiger partial charge < -0.3 is 20.4 Å². The molecule has 5 nitrogen and oxygen atoms in total. The van der Waals surface area contributed by atoms with Crippen LogP contribution in [-0.2, 0) is 0 Å². The van der Waals surface area contributed by atoms with Crippen molar-refractivity contribution < 1.29 is 4.79 Å². The maximum absolute atomic E-state index is 12.2. The standard InChI is InChI=1S/C19H29ClN4O/c1-2-23-10-3-4-17(14-23)22-19(25)21-12-15-9-11-24(13-15)18-7-5-16(20)6-8-18/h5-8,15,17H,2-4,9-14H2,1H3,(H2,21,22,25)/t15-,17+/m1/s1. The number of nitrogens with one attached hydrogen (secondary N) is 2. The number of hydrogen-bond donors (Lipinski definition) is 2. The van der Waals surface area contributed by atoms with Crippen molar-refractivity contribution in [3.63, 3.8) is 0 Å². The summed E-state index contributed by atoms with van der Waals surface area (Å²) in [6, 6.07) is 8.25. The van der Waals surface area contributed by atoms with E-state index in [9.17, 15) is 4.79 Å². The first-order chi connectivity index (χ1) is 12.1. The van der Waals surface area contributed by atoms with Gasteiger partial charge in [-0.05, 0) is 62.5 Å². The number of likely N-dealkylation sites (tertiary alicyclic amines) is 1. The average molecular weight is 365 g/mol. The molecule has 2 amide bonds. The van der Waals surface area contributed by atoms with E-state index < -0.39 is 0 Å². The summed E-state index contributed by atoms with van der Waals surface area (Å²) < 4.78 is 0. The quantitative estimate of drug-likeness (QED) is 0.844. The lowest BCUT2D eigenvalue weighted by Crippen LogP contribution is -2.51. The predicted octanol–water partition coefficient (Wildman–Crippen LogP) is 2.95. The van der Waals surface area contributed by atoms with Gasteiger partial charge in [-0.25, -0.2) is 4.79 Å². The number of urea groups is 1. The summed E-state index contributed by atoms with van der Waals surface area (Å²) in [5.41, 5.74) is 1.21. The van der Waals surface area contributed by atoms with E-state index in [1.165, 1.54) is 5.69 Å². The zero-order valence-electron chi connectivity index (χ0n) is 15.0. The van der Waals surface area contributed by atoms with Crippen LogP contribution in [0.4, 0.5) is 10.5 Å². The number of amides is 2. The Bertz CT molecular complexity index is 565. The molecule has 1 aromatic carbocycles. The maximum atomic E-state index is 12.2. The second-order valence-corrected chi connectivity index (χ2v) is 7.60. The van der Waals surface area contributed by atoms with Gasteiger partial charge in [-0.3, -0.25) is 0 Å². The van der Waals surface area contributed by atoms with Gasteiger partial charge in [0.1, 0.15) is 0 Å². The van der Waals surface area contributed by atoms with E-state index in [1.54, 1.807) is 0 Å². The Morgan fingerprint density at radius 2 is 2.00 bits per heavy atom. The SMILES string of the molecule is CCN1CCC[C@H](NC(=O)NC[C@H]2CCN(c3ccc(Cl)cc3)C2)C1. The molecule has 2 N–H and O–H groups in total. The fourth-order valence-corrected chi connectivity index (χ4v) is 3.95. The van der Waals surface area contributed by atoms with Crippen molar-refractivity contribution in [2.75, 3.05) is 44.2 Å². The third kappa shape index (κ3) is 5.25. The number of anilines is 1. The molecule has 0 aliphatic carbocycles. The van der Waals surface area contributed by atoms with Crippen LogP contribution in [0.5, 0.6) is 0 Å². The molecule has 2 heterocycles. The molecule has 2 atom stereocenters. The number of likely N-dealkylation sites (N-methyl/N-ethyl adjacent to an activating group) is 1. The molecule has 3 rings (SSSR count). The Balaban J connectivity index is 1.39. The summed E-state index contributed by atoms with van der Waals surface area (Å²) in [7, 11) is 0. The highest BCUT2D eigenvalue weighted by molar-refractivity contribution is 6.30. The van der Waals surface area contributed by atoms with Crippen molar-refractivity contribution in [1.82, 2.24) is 15.5 Å². The zero-order chi connectivity index (χ0) is 17.6. The summed E-state index contributed by atoms with van der Waals surface area (Å²) in [6.45, 7) is 8.10. The normalized spacial score (nSPS) is 24.3. The molecule has 2 fully saturated rings. The van der Waals surface area contributed by atoms with Crippen LogP contribution in [0.25, 0.3) is 0 Å². The Morgan fingerprint density at radius 1 is 1.20 bits per heavy atom. The van der Waals surface area contributed by atoms with Crippen LogP contribution in [-0.4, -0.2) is 56.2 Å². The number of hydrogen-bond acceptors (Lipinski definition) is 3. The lowest BCUT2D eigenvalue weighted by Gasteiger charge is -2.32.